The van der Waals surface area contributed by atoms with Gasteiger partial charge in [-0.3, -0.25) is 0 Å². The van der Waals surface area contributed by atoms with Gasteiger partial charge in [0, 0.05) is 20.7 Å². The highest BCUT2D eigenvalue weighted by molar-refractivity contribution is 5.40. The zero-order valence-corrected chi connectivity index (χ0v) is 7.90. The number of ether oxygens (including phenoxy) is 1. The van der Waals surface area contributed by atoms with E-state index < -0.39 is 0 Å². The molecule has 0 saturated carbocycles. The van der Waals surface area contributed by atoms with Crippen molar-refractivity contribution in [2.24, 2.45) is 0 Å². The van der Waals surface area contributed by atoms with E-state index >= 15 is 0 Å². The van der Waals surface area contributed by atoms with Crippen molar-refractivity contribution in [2.45, 2.75) is 0 Å². The molecule has 72 valence electrons. The van der Waals surface area contributed by atoms with Gasteiger partial charge in [0.1, 0.15) is 5.82 Å². The highest BCUT2D eigenvalue weighted by atomic mass is 16.5. The highest BCUT2D eigenvalue weighted by Gasteiger charge is 2.01. The second-order valence-electron chi connectivity index (χ2n) is 2.73. The Morgan fingerprint density at radius 2 is 2.23 bits per heavy atom. The minimum atomic E-state index is 0.434. The van der Waals surface area contributed by atoms with Crippen LogP contribution in [0.1, 0.15) is 0 Å². The molecule has 0 aliphatic heterocycles. The Bertz CT molecular complexity index is 249. The zero-order chi connectivity index (χ0) is 9.68. The first-order chi connectivity index (χ1) is 6.24. The molecule has 0 aromatic carbocycles. The van der Waals surface area contributed by atoms with E-state index in [-0.39, 0.29) is 0 Å². The molecule has 0 radical (unpaired) electrons. The number of aromatic nitrogens is 2. The van der Waals surface area contributed by atoms with Crippen LogP contribution in [0.4, 0.5) is 11.6 Å². The fourth-order valence-corrected chi connectivity index (χ4v) is 0.882. The van der Waals surface area contributed by atoms with Gasteiger partial charge in [0.2, 0.25) is 0 Å². The molecule has 0 unspecified atom stereocenters. The van der Waals surface area contributed by atoms with Crippen molar-refractivity contribution in [2.75, 3.05) is 37.9 Å². The number of rotatable bonds is 4. The molecule has 1 aromatic heterocycles. The highest BCUT2D eigenvalue weighted by Crippen LogP contribution is 2.06. The molecule has 0 amide bonds. The Labute approximate surface area is 77.5 Å². The number of nitrogen functional groups attached to an aromatic ring is 1. The molecule has 5 heteroatoms. The molecule has 0 fully saturated rings. The molecule has 0 aliphatic rings. The molecular weight excluding hydrogens is 168 g/mol. The van der Waals surface area contributed by atoms with Gasteiger partial charge in [-0.2, -0.15) is 0 Å². The van der Waals surface area contributed by atoms with Gasteiger partial charge in [-0.25, -0.2) is 0 Å². The summed E-state index contributed by atoms with van der Waals surface area (Å²) in [7, 11) is 3.60. The number of methoxy groups -OCH3 is 1. The lowest BCUT2D eigenvalue weighted by Gasteiger charge is -2.16. The zero-order valence-electron chi connectivity index (χ0n) is 7.90. The topological polar surface area (TPSA) is 64.3 Å². The Morgan fingerprint density at radius 1 is 1.46 bits per heavy atom. The van der Waals surface area contributed by atoms with Crippen LogP contribution in [0, 0.1) is 0 Å². The van der Waals surface area contributed by atoms with Crippen LogP contribution in [0.25, 0.3) is 0 Å². The predicted molar refractivity (Wildman–Crippen MR) is 51.6 cm³/mol. The summed E-state index contributed by atoms with van der Waals surface area (Å²) in [6, 6.07) is 3.56. The quantitative estimate of drug-likeness (QED) is 0.717. The molecule has 1 heterocycles. The maximum absolute atomic E-state index is 5.41. The van der Waals surface area contributed by atoms with Gasteiger partial charge < -0.3 is 15.4 Å². The van der Waals surface area contributed by atoms with E-state index in [1.807, 2.05) is 18.0 Å². The first-order valence-corrected chi connectivity index (χ1v) is 4.03. The minimum Gasteiger partial charge on any atom is -0.383 e. The van der Waals surface area contributed by atoms with Gasteiger partial charge in [0.15, 0.2) is 5.82 Å². The summed E-state index contributed by atoms with van der Waals surface area (Å²) >= 11 is 0. The molecule has 5 nitrogen and oxygen atoms in total. The van der Waals surface area contributed by atoms with Crippen LogP contribution < -0.4 is 10.6 Å². The van der Waals surface area contributed by atoms with E-state index in [4.69, 9.17) is 10.5 Å². The van der Waals surface area contributed by atoms with Crippen LogP contribution in [-0.2, 0) is 4.74 Å². The van der Waals surface area contributed by atoms with Crippen molar-refractivity contribution in [1.82, 2.24) is 10.2 Å². The first-order valence-electron chi connectivity index (χ1n) is 4.03. The maximum atomic E-state index is 5.41. The fourth-order valence-electron chi connectivity index (χ4n) is 0.882. The second-order valence-corrected chi connectivity index (χ2v) is 2.73. The van der Waals surface area contributed by atoms with E-state index in [0.29, 0.717) is 12.4 Å². The number of hydrogen-bond acceptors (Lipinski definition) is 5. The lowest BCUT2D eigenvalue weighted by Crippen LogP contribution is -2.23. The van der Waals surface area contributed by atoms with Gasteiger partial charge in [-0.15, -0.1) is 10.2 Å². The molecule has 2 N–H and O–H groups in total. The maximum Gasteiger partial charge on any atom is 0.151 e. The molecule has 0 atom stereocenters. The first kappa shape index (κ1) is 9.73. The van der Waals surface area contributed by atoms with Gasteiger partial charge in [-0.05, 0) is 12.1 Å². The Kier molecular flexibility index (Phi) is 3.45. The fraction of sp³-hybridized carbons (Fsp3) is 0.500. The van der Waals surface area contributed by atoms with E-state index in [9.17, 15) is 0 Å². The van der Waals surface area contributed by atoms with Gasteiger partial charge in [-0.1, -0.05) is 0 Å². The Hall–Kier alpha value is -1.36. The third-order valence-corrected chi connectivity index (χ3v) is 1.69. The van der Waals surface area contributed by atoms with Crippen LogP contribution in [0.3, 0.4) is 0 Å². The number of nitrogens with zero attached hydrogens (tertiary/aromatic N) is 3. The summed E-state index contributed by atoms with van der Waals surface area (Å²) in [6.45, 7) is 1.46. The summed E-state index contributed by atoms with van der Waals surface area (Å²) in [4.78, 5) is 1.95. The predicted octanol–water partition coefficient (Wildman–Crippen LogP) is 0.141. The Morgan fingerprint density at radius 3 is 2.77 bits per heavy atom. The molecule has 0 aliphatic carbocycles. The summed E-state index contributed by atoms with van der Waals surface area (Å²) in [5, 5.41) is 7.68. The molecule has 0 bridgehead atoms. The Balaban J connectivity index is 2.55. The normalized spacial score (nSPS) is 10.0. The number of anilines is 2. The standard InChI is InChI=1S/C8H14N4O/c1-12(5-6-13-2)8-4-3-7(9)10-11-8/h3-4H,5-6H2,1-2H3,(H2,9,10). The second kappa shape index (κ2) is 4.61. The number of hydrogen-bond donors (Lipinski definition) is 1. The molecule has 1 aromatic rings. The van der Waals surface area contributed by atoms with Crippen molar-refractivity contribution in [3.05, 3.63) is 12.1 Å². The molecule has 1 rings (SSSR count). The van der Waals surface area contributed by atoms with Crippen LogP contribution in [0.5, 0.6) is 0 Å². The van der Waals surface area contributed by atoms with Crippen LogP contribution in [-0.4, -0.2) is 37.5 Å². The smallest absolute Gasteiger partial charge is 0.151 e. The number of likely N-dealkylation sites (N-methyl/N-ethyl adjacent to an activating group) is 1. The average Bonchev–Trinajstić information content (AvgIpc) is 2.15. The third kappa shape index (κ3) is 2.87. The van der Waals surface area contributed by atoms with Crippen LogP contribution in [0.15, 0.2) is 12.1 Å². The summed E-state index contributed by atoms with van der Waals surface area (Å²) in [5.74, 6) is 1.23. The van der Waals surface area contributed by atoms with Crippen LogP contribution in [0.2, 0.25) is 0 Å². The largest absolute Gasteiger partial charge is 0.383 e. The third-order valence-electron chi connectivity index (χ3n) is 1.69. The van der Waals surface area contributed by atoms with Crippen molar-refractivity contribution in [3.63, 3.8) is 0 Å². The lowest BCUT2D eigenvalue weighted by molar-refractivity contribution is 0.206. The lowest BCUT2D eigenvalue weighted by atomic mass is 10.4. The summed E-state index contributed by atoms with van der Waals surface area (Å²) in [6.07, 6.45) is 0. The van der Waals surface area contributed by atoms with E-state index in [0.717, 1.165) is 12.4 Å². The van der Waals surface area contributed by atoms with Gasteiger partial charge in [0.25, 0.3) is 0 Å². The summed E-state index contributed by atoms with van der Waals surface area (Å²) in [5.41, 5.74) is 5.41. The van der Waals surface area contributed by atoms with Crippen molar-refractivity contribution in [1.29, 1.82) is 0 Å². The SMILES string of the molecule is COCCN(C)c1ccc(N)nn1. The average molecular weight is 182 g/mol. The summed E-state index contributed by atoms with van der Waals surface area (Å²) < 4.78 is 4.94. The molecule has 0 spiro atoms. The van der Waals surface area contributed by atoms with Gasteiger partial charge in [0.05, 0.1) is 6.61 Å². The van der Waals surface area contributed by atoms with Crippen molar-refractivity contribution < 1.29 is 4.74 Å². The number of nitrogens with two attached hydrogens (primary N) is 1. The molecule has 0 saturated heterocycles. The van der Waals surface area contributed by atoms with E-state index in [2.05, 4.69) is 10.2 Å². The van der Waals surface area contributed by atoms with Crippen LogP contribution >= 0.6 is 0 Å². The minimum absolute atomic E-state index is 0.434. The molecular formula is C8H14N4O. The van der Waals surface area contributed by atoms with Crippen molar-refractivity contribution in [3.8, 4) is 0 Å². The van der Waals surface area contributed by atoms with Crippen molar-refractivity contribution >= 4 is 11.6 Å². The monoisotopic (exact) mass is 182 g/mol. The van der Waals surface area contributed by atoms with E-state index in [1.54, 1.807) is 13.2 Å². The van der Waals surface area contributed by atoms with Gasteiger partial charge >= 0.3 is 0 Å². The molecule has 13 heavy (non-hydrogen) atoms. The van der Waals surface area contributed by atoms with E-state index in [1.165, 1.54) is 0 Å².